The molecule has 0 aliphatic carbocycles. The minimum atomic E-state index is -4.47. The zero-order valence-electron chi connectivity index (χ0n) is 13.1. The molecule has 0 aromatic carbocycles. The molecule has 0 N–H and O–H groups in total. The van der Waals surface area contributed by atoms with Crippen molar-refractivity contribution in [3.8, 4) is 0 Å². The molecule has 8 heteroatoms. The molecule has 0 bridgehead atoms. The summed E-state index contributed by atoms with van der Waals surface area (Å²) in [5.41, 5.74) is 1.11. The van der Waals surface area contributed by atoms with Crippen LogP contribution in [0.2, 0.25) is 0 Å². The third-order valence-corrected chi connectivity index (χ3v) is 4.81. The number of rotatable bonds is 6. The van der Waals surface area contributed by atoms with Crippen LogP contribution < -0.4 is 0 Å². The second-order valence-electron chi connectivity index (χ2n) is 5.61. The largest absolute Gasteiger partial charge is 0.406 e. The molecule has 0 saturated heterocycles. The predicted molar refractivity (Wildman–Crippen MR) is 85.5 cm³/mol. The first kappa shape index (κ1) is 18.5. The summed E-state index contributed by atoms with van der Waals surface area (Å²) in [4.78, 5) is 27.8. The average Bonchev–Trinajstić information content (AvgIpc) is 2.98. The molecule has 132 valence electrons. The Kier molecular flexibility index (Phi) is 6.04. The van der Waals surface area contributed by atoms with E-state index in [4.69, 9.17) is 0 Å². The van der Waals surface area contributed by atoms with Crippen LogP contribution in [0.4, 0.5) is 13.2 Å². The highest BCUT2D eigenvalue weighted by atomic mass is 32.1. The zero-order valence-corrected chi connectivity index (χ0v) is 14.0. The van der Waals surface area contributed by atoms with E-state index in [9.17, 15) is 22.8 Å². The Morgan fingerprint density at radius 1 is 1.38 bits per heavy atom. The molecule has 0 atom stereocenters. The summed E-state index contributed by atoms with van der Waals surface area (Å²) in [6.45, 7) is 2.94. The maximum atomic E-state index is 12.5. The Hall–Kier alpha value is -1.83. The fraction of sp³-hybridized carbons (Fsp3) is 0.500. The maximum absolute atomic E-state index is 12.5. The van der Waals surface area contributed by atoms with Crippen molar-refractivity contribution in [3.05, 3.63) is 34.5 Å². The van der Waals surface area contributed by atoms with Crippen molar-refractivity contribution in [2.24, 2.45) is 0 Å². The molecule has 4 nitrogen and oxygen atoms in total. The van der Waals surface area contributed by atoms with Crippen LogP contribution in [0.1, 0.15) is 23.3 Å². The number of carbonyl (C=O) groups excluding carboxylic acids is 2. The van der Waals surface area contributed by atoms with Crippen LogP contribution in [0, 0.1) is 0 Å². The summed E-state index contributed by atoms with van der Waals surface area (Å²) in [6.07, 6.45) is -2.75. The van der Waals surface area contributed by atoms with Crippen molar-refractivity contribution < 1.29 is 22.8 Å². The second kappa shape index (κ2) is 7.83. The molecule has 2 heterocycles. The third-order valence-electron chi connectivity index (χ3n) is 3.79. The van der Waals surface area contributed by atoms with Crippen LogP contribution in [-0.2, 0) is 22.6 Å². The van der Waals surface area contributed by atoms with Crippen molar-refractivity contribution in [2.45, 2.75) is 32.0 Å². The van der Waals surface area contributed by atoms with Gasteiger partial charge < -0.3 is 9.80 Å². The highest BCUT2D eigenvalue weighted by Gasteiger charge is 2.32. The molecule has 0 spiro atoms. The van der Waals surface area contributed by atoms with Gasteiger partial charge in [-0.05, 0) is 23.4 Å². The van der Waals surface area contributed by atoms with Crippen LogP contribution in [0.25, 0.3) is 0 Å². The van der Waals surface area contributed by atoms with Crippen molar-refractivity contribution in [3.63, 3.8) is 0 Å². The highest BCUT2D eigenvalue weighted by molar-refractivity contribution is 7.10. The topological polar surface area (TPSA) is 40.6 Å². The predicted octanol–water partition coefficient (Wildman–Crippen LogP) is 2.99. The normalized spacial score (nSPS) is 14.2. The van der Waals surface area contributed by atoms with Crippen molar-refractivity contribution >= 4 is 23.2 Å². The van der Waals surface area contributed by atoms with E-state index in [0.717, 1.165) is 12.0 Å². The van der Waals surface area contributed by atoms with Gasteiger partial charge in [0.25, 0.3) is 0 Å². The summed E-state index contributed by atoms with van der Waals surface area (Å²) in [5, 5.41) is 1.98. The minimum absolute atomic E-state index is 0.0796. The zero-order chi connectivity index (χ0) is 17.7. The molecule has 1 aliphatic heterocycles. The molecule has 0 radical (unpaired) electrons. The lowest BCUT2D eigenvalue weighted by Crippen LogP contribution is -2.40. The van der Waals surface area contributed by atoms with Gasteiger partial charge in [-0.2, -0.15) is 13.2 Å². The third kappa shape index (κ3) is 5.09. The number of nitrogens with zero attached hydrogens (tertiary/aromatic N) is 2. The lowest BCUT2D eigenvalue weighted by molar-refractivity contribution is -0.160. The van der Waals surface area contributed by atoms with Gasteiger partial charge in [-0.15, -0.1) is 17.9 Å². The van der Waals surface area contributed by atoms with E-state index in [0.29, 0.717) is 18.0 Å². The number of hydrogen-bond donors (Lipinski definition) is 0. The average molecular weight is 360 g/mol. The van der Waals surface area contributed by atoms with Gasteiger partial charge >= 0.3 is 6.18 Å². The summed E-state index contributed by atoms with van der Waals surface area (Å²) in [6, 6.07) is 1.97. The van der Waals surface area contributed by atoms with Crippen LogP contribution in [0.15, 0.2) is 24.1 Å². The fourth-order valence-corrected chi connectivity index (χ4v) is 3.51. The molecular weight excluding hydrogens is 341 g/mol. The molecule has 1 aromatic heterocycles. The van der Waals surface area contributed by atoms with E-state index in [1.165, 1.54) is 11.0 Å². The molecule has 24 heavy (non-hydrogen) atoms. The first-order chi connectivity index (χ1) is 11.3. The Morgan fingerprint density at radius 2 is 2.12 bits per heavy atom. The summed E-state index contributed by atoms with van der Waals surface area (Å²) in [7, 11) is 0. The SMILES string of the molecule is C=CCN(CC(F)(F)F)C(=O)CCC(=O)N1CCc2sccc2C1. The summed E-state index contributed by atoms with van der Waals surface area (Å²) in [5.74, 6) is -0.889. The Bertz CT molecular complexity index is 613. The number of fused-ring (bicyclic) bond motifs is 1. The maximum Gasteiger partial charge on any atom is 0.406 e. The Balaban J connectivity index is 1.86. The minimum Gasteiger partial charge on any atom is -0.338 e. The van der Waals surface area contributed by atoms with Crippen LogP contribution in [-0.4, -0.2) is 47.4 Å². The summed E-state index contributed by atoms with van der Waals surface area (Å²) < 4.78 is 37.5. The van der Waals surface area contributed by atoms with E-state index >= 15 is 0 Å². The monoisotopic (exact) mass is 360 g/mol. The molecule has 1 aliphatic rings. The molecule has 1 aromatic rings. The van der Waals surface area contributed by atoms with Gasteiger partial charge in [-0.1, -0.05) is 6.08 Å². The van der Waals surface area contributed by atoms with Gasteiger partial charge in [0, 0.05) is 37.4 Å². The number of hydrogen-bond acceptors (Lipinski definition) is 3. The van der Waals surface area contributed by atoms with Gasteiger partial charge in [0.1, 0.15) is 6.54 Å². The lowest BCUT2D eigenvalue weighted by Gasteiger charge is -2.27. The second-order valence-corrected chi connectivity index (χ2v) is 6.61. The number of halogens is 3. The highest BCUT2D eigenvalue weighted by Crippen LogP contribution is 2.24. The van der Waals surface area contributed by atoms with E-state index < -0.39 is 18.6 Å². The smallest absolute Gasteiger partial charge is 0.338 e. The fourth-order valence-electron chi connectivity index (χ4n) is 2.62. The van der Waals surface area contributed by atoms with Crippen molar-refractivity contribution in [2.75, 3.05) is 19.6 Å². The van der Waals surface area contributed by atoms with Gasteiger partial charge in [0.15, 0.2) is 0 Å². The van der Waals surface area contributed by atoms with E-state index in [1.807, 2.05) is 11.4 Å². The first-order valence-electron chi connectivity index (χ1n) is 7.58. The van der Waals surface area contributed by atoms with Gasteiger partial charge in [-0.25, -0.2) is 0 Å². The van der Waals surface area contributed by atoms with Gasteiger partial charge in [0.05, 0.1) is 0 Å². The molecule has 0 saturated carbocycles. The van der Waals surface area contributed by atoms with Crippen LogP contribution in [0.5, 0.6) is 0 Å². The number of carbonyl (C=O) groups is 2. The number of alkyl halides is 3. The lowest BCUT2D eigenvalue weighted by atomic mass is 10.1. The van der Waals surface area contributed by atoms with Crippen LogP contribution >= 0.6 is 11.3 Å². The standard InChI is InChI=1S/C16H19F3N2O2S/c1-2-7-21(11-16(17,18)19)15(23)4-3-14(22)20-8-5-13-12(10-20)6-9-24-13/h2,6,9H,1,3-5,7-8,10-11H2. The van der Waals surface area contributed by atoms with Gasteiger partial charge in [-0.3, -0.25) is 9.59 Å². The first-order valence-corrected chi connectivity index (χ1v) is 8.46. The molecule has 2 rings (SSSR count). The van der Waals surface area contributed by atoms with Crippen LogP contribution in [0.3, 0.4) is 0 Å². The van der Waals surface area contributed by atoms with E-state index in [1.54, 1.807) is 16.2 Å². The van der Waals surface area contributed by atoms with Crippen molar-refractivity contribution in [1.29, 1.82) is 0 Å². The molecule has 2 amide bonds. The van der Waals surface area contributed by atoms with E-state index in [-0.39, 0.29) is 25.3 Å². The Labute approximate surface area is 142 Å². The Morgan fingerprint density at radius 3 is 2.79 bits per heavy atom. The van der Waals surface area contributed by atoms with Crippen molar-refractivity contribution in [1.82, 2.24) is 9.80 Å². The van der Waals surface area contributed by atoms with Gasteiger partial charge in [0.2, 0.25) is 11.8 Å². The molecule has 0 fully saturated rings. The quantitative estimate of drug-likeness (QED) is 0.732. The molecule has 0 unspecified atom stereocenters. The summed E-state index contributed by atoms with van der Waals surface area (Å²) >= 11 is 1.66. The van der Waals surface area contributed by atoms with E-state index in [2.05, 4.69) is 6.58 Å². The molecular formula is C16H19F3N2O2S. The number of amides is 2. The number of thiophene rings is 1.